The summed E-state index contributed by atoms with van der Waals surface area (Å²) in [6.45, 7) is 5.55. The number of anilines is 1. The Hall–Kier alpha value is -1.39. The lowest BCUT2D eigenvalue weighted by Gasteiger charge is -2.30. The van der Waals surface area contributed by atoms with Crippen molar-refractivity contribution >= 4 is 11.5 Å². The molecule has 18 heavy (non-hydrogen) atoms. The molecule has 4 heteroatoms. The van der Waals surface area contributed by atoms with Gasteiger partial charge in [-0.05, 0) is 26.1 Å². The lowest BCUT2D eigenvalue weighted by molar-refractivity contribution is 0.0991. The number of carbonyl (C=O) groups is 1. The van der Waals surface area contributed by atoms with Crippen LogP contribution in [-0.4, -0.2) is 45.7 Å². The van der Waals surface area contributed by atoms with Crippen LogP contribution in [0.1, 0.15) is 15.9 Å². The van der Waals surface area contributed by atoms with Crippen molar-refractivity contribution in [2.75, 3.05) is 44.8 Å². The van der Waals surface area contributed by atoms with E-state index in [-0.39, 0.29) is 5.78 Å². The van der Waals surface area contributed by atoms with Crippen LogP contribution in [0, 0.1) is 6.92 Å². The minimum absolute atomic E-state index is 0.141. The Kier molecular flexibility index (Phi) is 4.33. The predicted octanol–water partition coefficient (Wildman–Crippen LogP) is 1.23. The average molecular weight is 248 g/mol. The summed E-state index contributed by atoms with van der Waals surface area (Å²) < 4.78 is 5.35. The number of hydrogen-bond donors (Lipinski definition) is 1. The van der Waals surface area contributed by atoms with Gasteiger partial charge < -0.3 is 15.0 Å². The summed E-state index contributed by atoms with van der Waals surface area (Å²) in [4.78, 5) is 14.4. The topological polar surface area (TPSA) is 41.6 Å². The van der Waals surface area contributed by atoms with Crippen LogP contribution < -0.4 is 10.2 Å². The third-order valence-corrected chi connectivity index (χ3v) is 3.14. The van der Waals surface area contributed by atoms with Crippen molar-refractivity contribution in [1.82, 2.24) is 5.32 Å². The smallest absolute Gasteiger partial charge is 0.178 e. The minimum atomic E-state index is 0.141. The monoisotopic (exact) mass is 248 g/mol. The van der Waals surface area contributed by atoms with E-state index in [0.717, 1.165) is 43.1 Å². The molecule has 0 aliphatic carbocycles. The standard InChI is InChI=1S/C14H20N2O2/c1-11-3-4-13(16-5-7-18-8-6-16)12(9-11)14(17)10-15-2/h3-4,9,15H,5-8,10H2,1-2H3. The fraction of sp³-hybridized carbons (Fsp3) is 0.500. The van der Waals surface area contributed by atoms with Gasteiger partial charge in [-0.3, -0.25) is 4.79 Å². The third-order valence-electron chi connectivity index (χ3n) is 3.14. The van der Waals surface area contributed by atoms with E-state index >= 15 is 0 Å². The van der Waals surface area contributed by atoms with E-state index in [9.17, 15) is 4.79 Å². The van der Waals surface area contributed by atoms with Crippen LogP contribution in [0.5, 0.6) is 0 Å². The van der Waals surface area contributed by atoms with Gasteiger partial charge >= 0.3 is 0 Å². The van der Waals surface area contributed by atoms with Crippen LogP contribution in [-0.2, 0) is 4.74 Å². The van der Waals surface area contributed by atoms with Gasteiger partial charge in [0.15, 0.2) is 5.78 Å². The number of nitrogens with one attached hydrogen (secondary N) is 1. The normalized spacial score (nSPS) is 15.8. The van der Waals surface area contributed by atoms with E-state index in [1.165, 1.54) is 0 Å². The number of aryl methyl sites for hydroxylation is 1. The first kappa shape index (κ1) is 13.1. The van der Waals surface area contributed by atoms with Gasteiger partial charge in [0.1, 0.15) is 0 Å². The highest BCUT2D eigenvalue weighted by molar-refractivity contribution is 6.02. The fourth-order valence-electron chi connectivity index (χ4n) is 2.21. The first-order valence-corrected chi connectivity index (χ1v) is 6.33. The zero-order valence-corrected chi connectivity index (χ0v) is 11.0. The van der Waals surface area contributed by atoms with Gasteiger partial charge in [0.2, 0.25) is 0 Å². The maximum atomic E-state index is 12.1. The molecule has 0 atom stereocenters. The van der Waals surface area contributed by atoms with Crippen LogP contribution in [0.15, 0.2) is 18.2 Å². The number of likely N-dealkylation sites (N-methyl/N-ethyl adjacent to an activating group) is 1. The molecular weight excluding hydrogens is 228 g/mol. The number of Topliss-reactive ketones (excluding diaryl/α,β-unsaturated/α-hetero) is 1. The van der Waals surface area contributed by atoms with Gasteiger partial charge in [-0.2, -0.15) is 0 Å². The van der Waals surface area contributed by atoms with Crippen LogP contribution in [0.2, 0.25) is 0 Å². The van der Waals surface area contributed by atoms with Crippen molar-refractivity contribution in [2.45, 2.75) is 6.92 Å². The molecule has 0 unspecified atom stereocenters. The lowest BCUT2D eigenvalue weighted by atomic mass is 10.0. The number of carbonyl (C=O) groups excluding carboxylic acids is 1. The number of benzene rings is 1. The van der Waals surface area contributed by atoms with E-state index in [2.05, 4.69) is 16.3 Å². The van der Waals surface area contributed by atoms with Crippen LogP contribution in [0.4, 0.5) is 5.69 Å². The Morgan fingerprint density at radius 1 is 1.39 bits per heavy atom. The Balaban J connectivity index is 2.30. The van der Waals surface area contributed by atoms with Crippen molar-refractivity contribution < 1.29 is 9.53 Å². The zero-order chi connectivity index (χ0) is 13.0. The number of ether oxygens (including phenoxy) is 1. The van der Waals surface area contributed by atoms with E-state index in [1.54, 1.807) is 7.05 Å². The Labute approximate surface area is 108 Å². The summed E-state index contributed by atoms with van der Waals surface area (Å²) in [5.41, 5.74) is 2.96. The third kappa shape index (κ3) is 2.89. The molecule has 98 valence electrons. The molecule has 0 saturated carbocycles. The Bertz CT molecular complexity index is 426. The minimum Gasteiger partial charge on any atom is -0.378 e. The SMILES string of the molecule is CNCC(=O)c1cc(C)ccc1N1CCOCC1. The lowest BCUT2D eigenvalue weighted by Crippen LogP contribution is -2.37. The molecule has 1 fully saturated rings. The maximum Gasteiger partial charge on any atom is 0.178 e. The van der Waals surface area contributed by atoms with Crippen LogP contribution in [0.3, 0.4) is 0 Å². The number of nitrogens with zero attached hydrogens (tertiary/aromatic N) is 1. The molecule has 0 bridgehead atoms. The van der Waals surface area contributed by atoms with E-state index in [1.807, 2.05) is 19.1 Å². The molecule has 1 N–H and O–H groups in total. The first-order chi connectivity index (χ1) is 8.72. The highest BCUT2D eigenvalue weighted by Gasteiger charge is 2.18. The maximum absolute atomic E-state index is 12.1. The van der Waals surface area contributed by atoms with Gasteiger partial charge in [0, 0.05) is 24.3 Å². The summed E-state index contributed by atoms with van der Waals surface area (Å²) >= 11 is 0. The number of hydrogen-bond acceptors (Lipinski definition) is 4. The predicted molar refractivity (Wildman–Crippen MR) is 72.5 cm³/mol. The molecule has 0 spiro atoms. The molecular formula is C14H20N2O2. The van der Waals surface area contributed by atoms with Gasteiger partial charge in [-0.1, -0.05) is 11.6 Å². The summed E-state index contributed by atoms with van der Waals surface area (Å²) in [7, 11) is 1.79. The van der Waals surface area contributed by atoms with Crippen molar-refractivity contribution in [1.29, 1.82) is 0 Å². The highest BCUT2D eigenvalue weighted by atomic mass is 16.5. The van der Waals surface area contributed by atoms with Gasteiger partial charge in [0.05, 0.1) is 19.8 Å². The fourth-order valence-corrected chi connectivity index (χ4v) is 2.21. The molecule has 1 aromatic rings. The van der Waals surface area contributed by atoms with Crippen molar-refractivity contribution in [3.05, 3.63) is 29.3 Å². The summed E-state index contributed by atoms with van der Waals surface area (Å²) in [5, 5.41) is 2.92. The Morgan fingerprint density at radius 2 is 2.11 bits per heavy atom. The molecule has 1 aliphatic rings. The van der Waals surface area contributed by atoms with Gasteiger partial charge in [-0.15, -0.1) is 0 Å². The summed E-state index contributed by atoms with van der Waals surface area (Å²) in [5.74, 6) is 0.141. The molecule has 4 nitrogen and oxygen atoms in total. The van der Waals surface area contributed by atoms with Crippen molar-refractivity contribution in [3.63, 3.8) is 0 Å². The second-order valence-corrected chi connectivity index (χ2v) is 4.57. The average Bonchev–Trinajstić information content (AvgIpc) is 2.40. The second kappa shape index (κ2) is 5.98. The number of rotatable bonds is 4. The van der Waals surface area contributed by atoms with Crippen LogP contribution >= 0.6 is 0 Å². The van der Waals surface area contributed by atoms with E-state index < -0.39 is 0 Å². The molecule has 2 rings (SSSR count). The molecule has 1 saturated heterocycles. The van der Waals surface area contributed by atoms with Crippen LogP contribution in [0.25, 0.3) is 0 Å². The zero-order valence-electron chi connectivity index (χ0n) is 11.0. The number of morpholine rings is 1. The molecule has 1 aromatic carbocycles. The summed E-state index contributed by atoms with van der Waals surface area (Å²) in [6, 6.07) is 6.08. The quantitative estimate of drug-likeness (QED) is 0.814. The molecule has 0 radical (unpaired) electrons. The van der Waals surface area contributed by atoms with Crippen molar-refractivity contribution in [3.8, 4) is 0 Å². The van der Waals surface area contributed by atoms with Gasteiger partial charge in [0.25, 0.3) is 0 Å². The molecule has 0 amide bonds. The highest BCUT2D eigenvalue weighted by Crippen LogP contribution is 2.23. The first-order valence-electron chi connectivity index (χ1n) is 6.33. The van der Waals surface area contributed by atoms with E-state index in [0.29, 0.717) is 6.54 Å². The molecule has 0 aromatic heterocycles. The van der Waals surface area contributed by atoms with E-state index in [4.69, 9.17) is 4.74 Å². The number of ketones is 1. The second-order valence-electron chi connectivity index (χ2n) is 4.57. The summed E-state index contributed by atoms with van der Waals surface area (Å²) in [6.07, 6.45) is 0. The Morgan fingerprint density at radius 3 is 2.78 bits per heavy atom. The largest absolute Gasteiger partial charge is 0.378 e. The van der Waals surface area contributed by atoms with Crippen molar-refractivity contribution in [2.24, 2.45) is 0 Å². The molecule has 1 aliphatic heterocycles. The van der Waals surface area contributed by atoms with Gasteiger partial charge in [-0.25, -0.2) is 0 Å². The molecule has 1 heterocycles.